The second kappa shape index (κ2) is 7.71. The smallest absolute Gasteiger partial charge is 0.253 e. The molecule has 1 amide bonds. The molecular formula is C21H28N4O2. The number of ether oxygens (including phenoxy) is 1. The zero-order valence-corrected chi connectivity index (χ0v) is 16.2. The van der Waals surface area contributed by atoms with Crippen LogP contribution in [0.25, 0.3) is 0 Å². The van der Waals surface area contributed by atoms with Gasteiger partial charge in [0.05, 0.1) is 12.3 Å². The van der Waals surface area contributed by atoms with Crippen molar-refractivity contribution in [2.75, 3.05) is 19.7 Å². The van der Waals surface area contributed by atoms with Gasteiger partial charge < -0.3 is 9.64 Å². The van der Waals surface area contributed by atoms with E-state index in [-0.39, 0.29) is 5.91 Å². The molecule has 1 atom stereocenters. The van der Waals surface area contributed by atoms with Crippen LogP contribution in [0.1, 0.15) is 48.3 Å². The SMILES string of the molecule is CC(C)Cc1cn(C[C@@H]2CCCN(C(=O)c3ccc4c(c3)CCO4)C2)nn1. The summed E-state index contributed by atoms with van der Waals surface area (Å²) in [6.45, 7) is 7.54. The molecule has 0 unspecified atom stereocenters. The van der Waals surface area contributed by atoms with E-state index in [1.54, 1.807) is 0 Å². The molecule has 6 heteroatoms. The first kappa shape index (κ1) is 18.0. The molecule has 2 aliphatic rings. The molecule has 0 radical (unpaired) electrons. The fourth-order valence-corrected chi connectivity index (χ4v) is 4.10. The minimum Gasteiger partial charge on any atom is -0.493 e. The maximum absolute atomic E-state index is 13.0. The van der Waals surface area contributed by atoms with Gasteiger partial charge in [0.25, 0.3) is 5.91 Å². The maximum atomic E-state index is 13.0. The van der Waals surface area contributed by atoms with Crippen LogP contribution in [-0.2, 0) is 19.4 Å². The van der Waals surface area contributed by atoms with Gasteiger partial charge in [-0.05, 0) is 54.9 Å². The van der Waals surface area contributed by atoms with Gasteiger partial charge in [0, 0.05) is 37.8 Å². The largest absolute Gasteiger partial charge is 0.493 e. The van der Waals surface area contributed by atoms with E-state index < -0.39 is 0 Å². The Balaban J connectivity index is 1.39. The third-order valence-corrected chi connectivity index (χ3v) is 5.39. The molecule has 0 N–H and O–H groups in total. The number of hydrogen-bond donors (Lipinski definition) is 0. The molecule has 0 aliphatic carbocycles. The Bertz CT molecular complexity index is 814. The molecule has 2 aromatic rings. The highest BCUT2D eigenvalue weighted by Crippen LogP contribution is 2.27. The summed E-state index contributed by atoms with van der Waals surface area (Å²) in [5.41, 5.74) is 2.98. The monoisotopic (exact) mass is 368 g/mol. The minimum atomic E-state index is 0.133. The van der Waals surface area contributed by atoms with Gasteiger partial charge in [0.1, 0.15) is 5.75 Å². The van der Waals surface area contributed by atoms with E-state index in [1.165, 1.54) is 0 Å². The van der Waals surface area contributed by atoms with E-state index in [1.807, 2.05) is 27.8 Å². The number of aromatic nitrogens is 3. The number of piperidine rings is 1. The van der Waals surface area contributed by atoms with Gasteiger partial charge >= 0.3 is 0 Å². The van der Waals surface area contributed by atoms with Gasteiger partial charge in [0.2, 0.25) is 0 Å². The normalized spacial score (nSPS) is 19.2. The first-order chi connectivity index (χ1) is 13.1. The molecule has 1 saturated heterocycles. The van der Waals surface area contributed by atoms with Crippen molar-refractivity contribution in [2.24, 2.45) is 11.8 Å². The molecule has 3 heterocycles. The third-order valence-electron chi connectivity index (χ3n) is 5.39. The Morgan fingerprint density at radius 2 is 2.26 bits per heavy atom. The van der Waals surface area contributed by atoms with Gasteiger partial charge in [-0.2, -0.15) is 0 Å². The fourth-order valence-electron chi connectivity index (χ4n) is 4.10. The van der Waals surface area contributed by atoms with Crippen molar-refractivity contribution in [1.29, 1.82) is 0 Å². The second-order valence-electron chi connectivity index (χ2n) is 8.21. The van der Waals surface area contributed by atoms with Crippen LogP contribution in [0.2, 0.25) is 0 Å². The van der Waals surface area contributed by atoms with Gasteiger partial charge in [0.15, 0.2) is 0 Å². The summed E-state index contributed by atoms with van der Waals surface area (Å²) in [6, 6.07) is 5.83. The Kier molecular flexibility index (Phi) is 5.14. The number of carbonyl (C=O) groups is 1. The quantitative estimate of drug-likeness (QED) is 0.814. The van der Waals surface area contributed by atoms with Crippen molar-refractivity contribution in [3.05, 3.63) is 41.2 Å². The standard InChI is InChI=1S/C21H28N4O2/c1-15(2)10-19-14-25(23-22-19)13-16-4-3-8-24(12-16)21(26)18-5-6-20-17(11-18)7-9-27-20/h5-6,11,14-16H,3-4,7-10,12-13H2,1-2H3/t16-/m1/s1. The van der Waals surface area contributed by atoms with Gasteiger partial charge in [-0.1, -0.05) is 19.1 Å². The molecular weight excluding hydrogens is 340 g/mol. The van der Waals surface area contributed by atoms with E-state index in [4.69, 9.17) is 4.74 Å². The van der Waals surface area contributed by atoms with Crippen molar-refractivity contribution < 1.29 is 9.53 Å². The number of nitrogens with zero attached hydrogens (tertiary/aromatic N) is 4. The van der Waals surface area contributed by atoms with Crippen molar-refractivity contribution in [3.8, 4) is 5.75 Å². The minimum absolute atomic E-state index is 0.133. The summed E-state index contributed by atoms with van der Waals surface area (Å²) < 4.78 is 7.49. The van der Waals surface area contributed by atoms with Crippen LogP contribution in [0, 0.1) is 11.8 Å². The molecule has 1 aromatic carbocycles. The highest BCUT2D eigenvalue weighted by Gasteiger charge is 2.26. The number of rotatable bonds is 5. The highest BCUT2D eigenvalue weighted by molar-refractivity contribution is 5.94. The van der Waals surface area contributed by atoms with Crippen molar-refractivity contribution >= 4 is 5.91 Å². The average molecular weight is 368 g/mol. The Morgan fingerprint density at radius 3 is 3.11 bits per heavy atom. The van der Waals surface area contributed by atoms with Gasteiger partial charge in [-0.3, -0.25) is 9.48 Å². The number of carbonyl (C=O) groups excluding carboxylic acids is 1. The van der Waals surface area contributed by atoms with Crippen LogP contribution in [0.15, 0.2) is 24.4 Å². The third kappa shape index (κ3) is 4.15. The zero-order chi connectivity index (χ0) is 18.8. The summed E-state index contributed by atoms with van der Waals surface area (Å²) in [5, 5.41) is 8.56. The van der Waals surface area contributed by atoms with Crippen molar-refractivity contribution in [3.63, 3.8) is 0 Å². The van der Waals surface area contributed by atoms with Crippen LogP contribution in [0.3, 0.4) is 0 Å². The first-order valence-corrected chi connectivity index (χ1v) is 10.0. The van der Waals surface area contributed by atoms with Crippen LogP contribution < -0.4 is 4.74 Å². The molecule has 1 aromatic heterocycles. The highest BCUT2D eigenvalue weighted by atomic mass is 16.5. The number of amides is 1. The van der Waals surface area contributed by atoms with Crippen LogP contribution in [0.5, 0.6) is 5.75 Å². The predicted octanol–water partition coefficient (Wildman–Crippen LogP) is 2.96. The number of benzene rings is 1. The van der Waals surface area contributed by atoms with E-state index >= 15 is 0 Å². The lowest BCUT2D eigenvalue weighted by Gasteiger charge is -2.32. The van der Waals surface area contributed by atoms with Gasteiger partial charge in [-0.15, -0.1) is 5.10 Å². The molecule has 0 bridgehead atoms. The Morgan fingerprint density at radius 1 is 1.37 bits per heavy atom. The molecule has 1 fully saturated rings. The van der Waals surface area contributed by atoms with Crippen LogP contribution >= 0.6 is 0 Å². The van der Waals surface area contributed by atoms with Crippen LogP contribution in [-0.4, -0.2) is 45.5 Å². The van der Waals surface area contributed by atoms with E-state index in [0.29, 0.717) is 11.8 Å². The van der Waals surface area contributed by atoms with Crippen molar-refractivity contribution in [2.45, 2.75) is 46.1 Å². The summed E-state index contributed by atoms with van der Waals surface area (Å²) in [7, 11) is 0. The van der Waals surface area contributed by atoms with E-state index in [0.717, 1.165) is 74.5 Å². The Hall–Kier alpha value is -2.37. The Labute approximate surface area is 160 Å². The molecule has 0 spiro atoms. The second-order valence-corrected chi connectivity index (χ2v) is 8.21. The average Bonchev–Trinajstić information content (AvgIpc) is 3.29. The van der Waals surface area contributed by atoms with E-state index in [2.05, 4.69) is 30.4 Å². The molecule has 2 aliphatic heterocycles. The predicted molar refractivity (Wildman–Crippen MR) is 103 cm³/mol. The lowest BCUT2D eigenvalue weighted by Crippen LogP contribution is -2.41. The molecule has 27 heavy (non-hydrogen) atoms. The number of hydrogen-bond acceptors (Lipinski definition) is 4. The molecule has 6 nitrogen and oxygen atoms in total. The summed E-state index contributed by atoms with van der Waals surface area (Å²) in [4.78, 5) is 15.0. The maximum Gasteiger partial charge on any atom is 0.253 e. The van der Waals surface area contributed by atoms with Crippen LogP contribution in [0.4, 0.5) is 0 Å². The molecule has 144 valence electrons. The first-order valence-electron chi connectivity index (χ1n) is 10.0. The fraction of sp³-hybridized carbons (Fsp3) is 0.571. The lowest BCUT2D eigenvalue weighted by molar-refractivity contribution is 0.0659. The number of fused-ring (bicyclic) bond motifs is 1. The lowest BCUT2D eigenvalue weighted by atomic mass is 9.97. The topological polar surface area (TPSA) is 60.2 Å². The molecule has 0 saturated carbocycles. The van der Waals surface area contributed by atoms with E-state index in [9.17, 15) is 4.79 Å². The molecule has 4 rings (SSSR count). The zero-order valence-electron chi connectivity index (χ0n) is 16.2. The summed E-state index contributed by atoms with van der Waals surface area (Å²) in [5.74, 6) is 2.06. The summed E-state index contributed by atoms with van der Waals surface area (Å²) in [6.07, 6.45) is 6.07. The van der Waals surface area contributed by atoms with Crippen molar-refractivity contribution in [1.82, 2.24) is 19.9 Å². The van der Waals surface area contributed by atoms with Gasteiger partial charge in [-0.25, -0.2) is 0 Å². The number of likely N-dealkylation sites (tertiary alicyclic amines) is 1. The summed E-state index contributed by atoms with van der Waals surface area (Å²) >= 11 is 0.